The van der Waals surface area contributed by atoms with E-state index in [-0.39, 0.29) is 0 Å². The standard InChI is InChI=1S/C13H13BrN2O2/c14-10-7-9(8-15)3-4-11(10)16-13(12(17)18)5-1-2-6-13/h3-4,7,16H,1-2,5-6H2,(H,17,18). The van der Waals surface area contributed by atoms with Crippen molar-refractivity contribution in [1.82, 2.24) is 0 Å². The van der Waals surface area contributed by atoms with Gasteiger partial charge in [-0.15, -0.1) is 0 Å². The summed E-state index contributed by atoms with van der Waals surface area (Å²) in [4.78, 5) is 11.4. The summed E-state index contributed by atoms with van der Waals surface area (Å²) in [5, 5.41) is 21.3. The fourth-order valence-corrected chi connectivity index (χ4v) is 2.79. The highest BCUT2D eigenvalue weighted by atomic mass is 79.9. The molecule has 1 aliphatic carbocycles. The smallest absolute Gasteiger partial charge is 0.329 e. The average molecular weight is 309 g/mol. The van der Waals surface area contributed by atoms with E-state index in [1.807, 2.05) is 6.07 Å². The first-order valence-corrected chi connectivity index (χ1v) is 6.58. The Balaban J connectivity index is 2.28. The van der Waals surface area contributed by atoms with Crippen LogP contribution in [0, 0.1) is 11.3 Å². The van der Waals surface area contributed by atoms with Crippen LogP contribution in [0.3, 0.4) is 0 Å². The molecule has 0 saturated heterocycles. The summed E-state index contributed by atoms with van der Waals surface area (Å²) in [6.07, 6.45) is 3.12. The van der Waals surface area contributed by atoms with Gasteiger partial charge in [0, 0.05) is 10.2 Å². The molecule has 0 aliphatic heterocycles. The van der Waals surface area contributed by atoms with Crippen LogP contribution in [-0.2, 0) is 4.79 Å². The van der Waals surface area contributed by atoms with E-state index in [0.717, 1.165) is 18.5 Å². The predicted molar refractivity (Wildman–Crippen MR) is 71.3 cm³/mol. The number of nitriles is 1. The van der Waals surface area contributed by atoms with Gasteiger partial charge in [-0.25, -0.2) is 4.79 Å². The maximum atomic E-state index is 11.4. The van der Waals surface area contributed by atoms with Gasteiger partial charge in [-0.05, 0) is 47.0 Å². The third-order valence-corrected chi connectivity index (χ3v) is 3.99. The molecule has 1 fully saturated rings. The van der Waals surface area contributed by atoms with E-state index >= 15 is 0 Å². The molecule has 18 heavy (non-hydrogen) atoms. The monoisotopic (exact) mass is 308 g/mol. The first kappa shape index (κ1) is 12.9. The lowest BCUT2D eigenvalue weighted by atomic mass is 9.97. The van der Waals surface area contributed by atoms with Gasteiger partial charge in [-0.1, -0.05) is 12.8 Å². The summed E-state index contributed by atoms with van der Waals surface area (Å²) in [6, 6.07) is 7.15. The third kappa shape index (κ3) is 2.34. The van der Waals surface area contributed by atoms with Crippen LogP contribution in [0.1, 0.15) is 31.2 Å². The largest absolute Gasteiger partial charge is 0.480 e. The van der Waals surface area contributed by atoms with E-state index in [0.29, 0.717) is 22.9 Å². The van der Waals surface area contributed by atoms with Crippen molar-refractivity contribution in [2.75, 3.05) is 5.32 Å². The van der Waals surface area contributed by atoms with Crippen LogP contribution in [-0.4, -0.2) is 16.6 Å². The normalized spacial score (nSPS) is 17.1. The molecule has 0 amide bonds. The number of carbonyl (C=O) groups is 1. The average Bonchev–Trinajstić information content (AvgIpc) is 2.81. The van der Waals surface area contributed by atoms with E-state index in [1.54, 1.807) is 18.2 Å². The number of halogens is 1. The van der Waals surface area contributed by atoms with Crippen molar-refractivity contribution < 1.29 is 9.90 Å². The molecule has 2 rings (SSSR count). The van der Waals surface area contributed by atoms with E-state index in [4.69, 9.17) is 5.26 Å². The maximum Gasteiger partial charge on any atom is 0.329 e. The van der Waals surface area contributed by atoms with Crippen molar-refractivity contribution in [3.8, 4) is 6.07 Å². The molecule has 0 radical (unpaired) electrons. The van der Waals surface area contributed by atoms with Gasteiger partial charge in [0.1, 0.15) is 5.54 Å². The summed E-state index contributed by atoms with van der Waals surface area (Å²) in [6.45, 7) is 0. The predicted octanol–water partition coefficient (Wildman–Crippen LogP) is 3.13. The molecular weight excluding hydrogens is 296 g/mol. The molecule has 2 N–H and O–H groups in total. The van der Waals surface area contributed by atoms with Crippen LogP contribution in [0.2, 0.25) is 0 Å². The highest BCUT2D eigenvalue weighted by molar-refractivity contribution is 9.10. The Morgan fingerprint density at radius 3 is 2.61 bits per heavy atom. The van der Waals surface area contributed by atoms with Crippen molar-refractivity contribution >= 4 is 27.6 Å². The number of carboxylic acids is 1. The van der Waals surface area contributed by atoms with Crippen LogP contribution in [0.5, 0.6) is 0 Å². The van der Waals surface area contributed by atoms with Gasteiger partial charge in [0.25, 0.3) is 0 Å². The summed E-state index contributed by atoms with van der Waals surface area (Å²) < 4.78 is 0.717. The molecule has 1 saturated carbocycles. The molecule has 1 aromatic rings. The van der Waals surface area contributed by atoms with E-state index < -0.39 is 11.5 Å². The molecule has 94 valence electrons. The second kappa shape index (κ2) is 4.99. The van der Waals surface area contributed by atoms with Gasteiger partial charge in [0.15, 0.2) is 0 Å². The highest BCUT2D eigenvalue weighted by Gasteiger charge is 2.41. The number of carboxylic acid groups (broad SMARTS) is 1. The van der Waals surface area contributed by atoms with Crippen LogP contribution in [0.4, 0.5) is 5.69 Å². The van der Waals surface area contributed by atoms with Crippen LogP contribution < -0.4 is 5.32 Å². The van der Waals surface area contributed by atoms with Crippen molar-refractivity contribution in [3.63, 3.8) is 0 Å². The molecule has 0 heterocycles. The Hall–Kier alpha value is -1.54. The molecule has 4 nitrogen and oxygen atoms in total. The topological polar surface area (TPSA) is 73.1 Å². The first-order chi connectivity index (χ1) is 8.57. The third-order valence-electron chi connectivity index (χ3n) is 3.34. The second-order valence-electron chi connectivity index (χ2n) is 4.53. The Bertz CT molecular complexity index is 516. The highest BCUT2D eigenvalue weighted by Crippen LogP contribution is 2.35. The molecule has 0 atom stereocenters. The SMILES string of the molecule is N#Cc1ccc(NC2(C(=O)O)CCCC2)c(Br)c1. The van der Waals surface area contributed by atoms with E-state index in [2.05, 4.69) is 21.2 Å². The lowest BCUT2D eigenvalue weighted by Crippen LogP contribution is -2.43. The van der Waals surface area contributed by atoms with Crippen LogP contribution >= 0.6 is 15.9 Å². The summed E-state index contributed by atoms with van der Waals surface area (Å²) in [5.41, 5.74) is 0.401. The van der Waals surface area contributed by atoms with Gasteiger partial charge in [-0.2, -0.15) is 5.26 Å². The van der Waals surface area contributed by atoms with E-state index in [9.17, 15) is 9.90 Å². The Labute approximate surface area is 114 Å². The number of benzene rings is 1. The minimum absolute atomic E-state index is 0.545. The molecule has 5 heteroatoms. The van der Waals surface area contributed by atoms with Crippen molar-refractivity contribution in [2.24, 2.45) is 0 Å². The zero-order valence-electron chi connectivity index (χ0n) is 9.74. The van der Waals surface area contributed by atoms with Crippen molar-refractivity contribution in [3.05, 3.63) is 28.2 Å². The Morgan fingerprint density at radius 1 is 1.44 bits per heavy atom. The first-order valence-electron chi connectivity index (χ1n) is 5.79. The Morgan fingerprint density at radius 2 is 2.11 bits per heavy atom. The molecule has 0 unspecified atom stereocenters. The number of anilines is 1. The van der Waals surface area contributed by atoms with Gasteiger partial charge in [0.2, 0.25) is 0 Å². The molecule has 0 spiro atoms. The van der Waals surface area contributed by atoms with E-state index in [1.165, 1.54) is 0 Å². The molecule has 1 aromatic carbocycles. The molecule has 0 aromatic heterocycles. The zero-order chi connectivity index (χ0) is 13.2. The van der Waals surface area contributed by atoms with Crippen LogP contribution in [0.25, 0.3) is 0 Å². The lowest BCUT2D eigenvalue weighted by molar-refractivity contribution is -0.142. The molecule has 0 bridgehead atoms. The van der Waals surface area contributed by atoms with Crippen molar-refractivity contribution in [2.45, 2.75) is 31.2 Å². The van der Waals surface area contributed by atoms with Gasteiger partial charge in [0.05, 0.1) is 11.6 Å². The fraction of sp³-hybridized carbons (Fsp3) is 0.385. The lowest BCUT2D eigenvalue weighted by Gasteiger charge is -2.27. The Kier molecular flexibility index (Phi) is 3.58. The van der Waals surface area contributed by atoms with Gasteiger partial charge in [-0.3, -0.25) is 0 Å². The number of aliphatic carboxylic acids is 1. The zero-order valence-corrected chi connectivity index (χ0v) is 11.3. The summed E-state index contributed by atoms with van der Waals surface area (Å²) >= 11 is 3.36. The minimum Gasteiger partial charge on any atom is -0.480 e. The van der Waals surface area contributed by atoms with Crippen molar-refractivity contribution in [1.29, 1.82) is 5.26 Å². The summed E-state index contributed by atoms with van der Waals surface area (Å²) in [5.74, 6) is -0.809. The van der Waals surface area contributed by atoms with Gasteiger partial charge >= 0.3 is 5.97 Å². The number of rotatable bonds is 3. The number of hydrogen-bond acceptors (Lipinski definition) is 3. The molecule has 1 aliphatic rings. The maximum absolute atomic E-state index is 11.4. The summed E-state index contributed by atoms with van der Waals surface area (Å²) in [7, 11) is 0. The second-order valence-corrected chi connectivity index (χ2v) is 5.38. The molecular formula is C13H13BrN2O2. The number of hydrogen-bond donors (Lipinski definition) is 2. The fourth-order valence-electron chi connectivity index (χ4n) is 2.31. The quantitative estimate of drug-likeness (QED) is 0.899. The van der Waals surface area contributed by atoms with Crippen LogP contribution in [0.15, 0.2) is 22.7 Å². The number of nitrogens with one attached hydrogen (secondary N) is 1. The number of nitrogens with zero attached hydrogens (tertiary/aromatic N) is 1. The minimum atomic E-state index is -0.864. The van der Waals surface area contributed by atoms with Gasteiger partial charge < -0.3 is 10.4 Å².